The summed E-state index contributed by atoms with van der Waals surface area (Å²) in [5, 5.41) is 21.9. The van der Waals surface area contributed by atoms with E-state index in [0.717, 1.165) is 6.42 Å². The molecule has 0 aliphatic heterocycles. The molecule has 1 rings (SSSR count). The van der Waals surface area contributed by atoms with Crippen molar-refractivity contribution in [2.75, 3.05) is 13.1 Å². The van der Waals surface area contributed by atoms with Crippen LogP contribution in [0.25, 0.3) is 0 Å². The lowest BCUT2D eigenvalue weighted by Gasteiger charge is -2.31. The van der Waals surface area contributed by atoms with E-state index in [0.29, 0.717) is 19.4 Å². The molecule has 5 nitrogen and oxygen atoms in total. The number of nitrogens with one attached hydrogen (secondary N) is 1. The van der Waals surface area contributed by atoms with Gasteiger partial charge in [-0.25, -0.2) is 0 Å². The highest BCUT2D eigenvalue weighted by Crippen LogP contribution is 2.17. The molecule has 0 amide bonds. The summed E-state index contributed by atoms with van der Waals surface area (Å²) >= 11 is 0. The van der Waals surface area contributed by atoms with Gasteiger partial charge in [0.2, 0.25) is 0 Å². The lowest BCUT2D eigenvalue weighted by molar-refractivity contribution is 0.0948. The van der Waals surface area contributed by atoms with Crippen LogP contribution in [-0.2, 0) is 0 Å². The van der Waals surface area contributed by atoms with Gasteiger partial charge in [0.05, 0.1) is 12.2 Å². The summed E-state index contributed by atoms with van der Waals surface area (Å²) in [7, 11) is 0. The smallest absolute Gasteiger partial charge is 0.0786 e. The Morgan fingerprint density at radius 1 is 1.36 bits per heavy atom. The zero-order valence-corrected chi connectivity index (χ0v) is 8.39. The second-order valence-corrected chi connectivity index (χ2v) is 4.12. The van der Waals surface area contributed by atoms with Crippen LogP contribution in [0.4, 0.5) is 0 Å². The molecule has 0 aromatic carbocycles. The first-order valence-electron chi connectivity index (χ1n) is 5.17. The second-order valence-electron chi connectivity index (χ2n) is 4.12. The molecule has 84 valence electrons. The van der Waals surface area contributed by atoms with E-state index < -0.39 is 6.10 Å². The topological polar surface area (TPSA) is 105 Å². The Morgan fingerprint density at radius 3 is 2.64 bits per heavy atom. The number of hydrogen-bond donors (Lipinski definition) is 5. The van der Waals surface area contributed by atoms with Crippen LogP contribution in [0, 0.1) is 0 Å². The highest BCUT2D eigenvalue weighted by atomic mass is 16.3. The quantitative estimate of drug-likeness (QED) is 0.368. The average Bonchev–Trinajstić information content (AvgIpc) is 2.12. The minimum absolute atomic E-state index is 0.0614. The van der Waals surface area contributed by atoms with Crippen molar-refractivity contribution in [1.29, 1.82) is 0 Å². The average molecular weight is 203 g/mol. The molecular weight excluding hydrogens is 182 g/mol. The molecule has 1 saturated carbocycles. The first kappa shape index (κ1) is 11.9. The number of aliphatic hydroxyl groups is 2. The molecule has 14 heavy (non-hydrogen) atoms. The fraction of sp³-hybridized carbons (Fsp3) is 1.00. The molecule has 7 N–H and O–H groups in total. The van der Waals surface area contributed by atoms with Gasteiger partial charge in [0, 0.05) is 25.2 Å². The lowest BCUT2D eigenvalue weighted by atomic mass is 9.89. The Balaban J connectivity index is 2.23. The first-order valence-corrected chi connectivity index (χ1v) is 5.17. The van der Waals surface area contributed by atoms with E-state index in [-0.39, 0.29) is 24.7 Å². The zero-order chi connectivity index (χ0) is 10.6. The van der Waals surface area contributed by atoms with Crippen molar-refractivity contribution >= 4 is 0 Å². The maximum atomic E-state index is 9.47. The van der Waals surface area contributed by atoms with E-state index in [9.17, 15) is 10.2 Å². The van der Waals surface area contributed by atoms with Crippen LogP contribution in [0.2, 0.25) is 0 Å². The van der Waals surface area contributed by atoms with E-state index >= 15 is 0 Å². The van der Waals surface area contributed by atoms with Gasteiger partial charge in [0.25, 0.3) is 0 Å². The zero-order valence-electron chi connectivity index (χ0n) is 8.39. The maximum Gasteiger partial charge on any atom is 0.0786 e. The minimum atomic E-state index is -0.509. The molecule has 1 aliphatic rings. The van der Waals surface area contributed by atoms with Crippen LogP contribution in [0.15, 0.2) is 0 Å². The molecule has 1 fully saturated rings. The van der Waals surface area contributed by atoms with E-state index in [1.807, 2.05) is 0 Å². The fourth-order valence-electron chi connectivity index (χ4n) is 1.88. The molecule has 0 aromatic heterocycles. The predicted molar refractivity (Wildman–Crippen MR) is 54.7 cm³/mol. The van der Waals surface area contributed by atoms with Crippen molar-refractivity contribution in [2.45, 2.75) is 43.6 Å². The highest BCUT2D eigenvalue weighted by Gasteiger charge is 2.25. The Morgan fingerprint density at radius 2 is 2.07 bits per heavy atom. The molecule has 5 heteroatoms. The Labute approximate surface area is 84.5 Å². The van der Waals surface area contributed by atoms with Crippen LogP contribution in [0.1, 0.15) is 19.3 Å². The van der Waals surface area contributed by atoms with E-state index in [1.165, 1.54) is 0 Å². The third kappa shape index (κ3) is 3.89. The number of rotatable bonds is 4. The van der Waals surface area contributed by atoms with Gasteiger partial charge in [0.1, 0.15) is 0 Å². The number of aliphatic hydroxyl groups excluding tert-OH is 2. The monoisotopic (exact) mass is 203 g/mol. The molecule has 4 atom stereocenters. The van der Waals surface area contributed by atoms with Gasteiger partial charge in [-0.1, -0.05) is 0 Å². The van der Waals surface area contributed by atoms with Crippen LogP contribution in [0.3, 0.4) is 0 Å². The lowest BCUT2D eigenvalue weighted by Crippen LogP contribution is -2.47. The van der Waals surface area contributed by atoms with Crippen molar-refractivity contribution in [3.63, 3.8) is 0 Å². The Kier molecular flexibility index (Phi) is 4.77. The first-order chi connectivity index (χ1) is 6.61. The van der Waals surface area contributed by atoms with Crippen LogP contribution in [0.5, 0.6) is 0 Å². The van der Waals surface area contributed by atoms with Gasteiger partial charge in [-0.2, -0.15) is 0 Å². The van der Waals surface area contributed by atoms with E-state index in [4.69, 9.17) is 11.5 Å². The molecule has 4 unspecified atom stereocenters. The third-order valence-corrected chi connectivity index (χ3v) is 2.63. The molecule has 0 spiro atoms. The molecule has 0 aromatic rings. The van der Waals surface area contributed by atoms with Gasteiger partial charge in [-0.3, -0.25) is 0 Å². The summed E-state index contributed by atoms with van der Waals surface area (Å²) in [6, 6.07) is 0.265. The summed E-state index contributed by atoms with van der Waals surface area (Å²) in [5.41, 5.74) is 11.0. The molecule has 0 radical (unpaired) electrons. The normalized spacial score (nSPS) is 35.6. The van der Waals surface area contributed by atoms with E-state index in [1.54, 1.807) is 0 Å². The predicted octanol–water partition coefficient (Wildman–Crippen LogP) is -1.86. The minimum Gasteiger partial charge on any atom is -0.393 e. The Bertz CT molecular complexity index is 158. The summed E-state index contributed by atoms with van der Waals surface area (Å²) in [5.74, 6) is 0. The van der Waals surface area contributed by atoms with Crippen molar-refractivity contribution in [2.24, 2.45) is 11.5 Å². The van der Waals surface area contributed by atoms with Crippen LogP contribution in [-0.4, -0.2) is 47.6 Å². The summed E-state index contributed by atoms with van der Waals surface area (Å²) in [6.07, 6.45) is 1.42. The largest absolute Gasteiger partial charge is 0.393 e. The van der Waals surface area contributed by atoms with Crippen LogP contribution >= 0.6 is 0 Å². The number of nitrogens with two attached hydrogens (primary N) is 2. The van der Waals surface area contributed by atoms with E-state index in [2.05, 4.69) is 5.32 Å². The second kappa shape index (κ2) is 5.63. The van der Waals surface area contributed by atoms with Gasteiger partial charge in [0.15, 0.2) is 0 Å². The summed E-state index contributed by atoms with van der Waals surface area (Å²) in [4.78, 5) is 0. The fourth-order valence-corrected chi connectivity index (χ4v) is 1.88. The standard InChI is InChI=1S/C9H21N3O2/c10-4-9(14)5-12-7-1-6(11)2-8(13)3-7/h6-9,12-14H,1-5,10-11H2. The SMILES string of the molecule is NCC(O)CNC1CC(N)CC(O)C1. The van der Waals surface area contributed by atoms with Crippen LogP contribution < -0.4 is 16.8 Å². The van der Waals surface area contributed by atoms with Gasteiger partial charge >= 0.3 is 0 Å². The molecule has 0 bridgehead atoms. The van der Waals surface area contributed by atoms with Crippen molar-refractivity contribution in [3.8, 4) is 0 Å². The van der Waals surface area contributed by atoms with Gasteiger partial charge < -0.3 is 27.0 Å². The molecule has 1 aliphatic carbocycles. The van der Waals surface area contributed by atoms with Crippen molar-refractivity contribution < 1.29 is 10.2 Å². The summed E-state index contributed by atoms with van der Waals surface area (Å²) in [6.45, 7) is 0.731. The molecule has 0 heterocycles. The van der Waals surface area contributed by atoms with Crippen molar-refractivity contribution in [1.82, 2.24) is 5.32 Å². The molecule has 0 saturated heterocycles. The Hall–Kier alpha value is -0.200. The maximum absolute atomic E-state index is 9.47. The third-order valence-electron chi connectivity index (χ3n) is 2.63. The van der Waals surface area contributed by atoms with Crippen molar-refractivity contribution in [3.05, 3.63) is 0 Å². The highest BCUT2D eigenvalue weighted by molar-refractivity contribution is 4.85. The molecular formula is C9H21N3O2. The van der Waals surface area contributed by atoms with Gasteiger partial charge in [-0.15, -0.1) is 0 Å². The summed E-state index contributed by atoms with van der Waals surface area (Å²) < 4.78 is 0. The number of hydrogen-bond acceptors (Lipinski definition) is 5. The van der Waals surface area contributed by atoms with Gasteiger partial charge in [-0.05, 0) is 19.3 Å².